The third-order valence-electron chi connectivity index (χ3n) is 7.18. The largest absolute Gasteiger partial charge is 0.417 e. The van der Waals surface area contributed by atoms with Crippen LogP contribution in [0.4, 0.5) is 37.8 Å². The summed E-state index contributed by atoms with van der Waals surface area (Å²) in [6.45, 7) is 1.80. The van der Waals surface area contributed by atoms with Gasteiger partial charge in [0.25, 0.3) is 0 Å². The normalized spacial score (nSPS) is 20.5. The molecule has 216 valence electrons. The zero-order chi connectivity index (χ0) is 28.9. The number of amides is 1. The van der Waals surface area contributed by atoms with Crippen LogP contribution in [0.15, 0.2) is 36.5 Å². The number of hydrogen-bond donors (Lipinski definition) is 1. The van der Waals surface area contributed by atoms with Crippen LogP contribution in [0, 0.1) is 11.3 Å². The van der Waals surface area contributed by atoms with E-state index in [1.807, 2.05) is 4.90 Å². The first-order chi connectivity index (χ1) is 18.9. The summed E-state index contributed by atoms with van der Waals surface area (Å²) in [5.41, 5.74) is -1.90. The quantitative estimate of drug-likeness (QED) is 0.465. The molecule has 1 saturated carbocycles. The Labute approximate surface area is 227 Å². The summed E-state index contributed by atoms with van der Waals surface area (Å²) in [6.07, 6.45) is -5.18. The van der Waals surface area contributed by atoms with Gasteiger partial charge in [0.1, 0.15) is 12.4 Å². The number of anilines is 2. The molecule has 2 aromatic rings. The predicted molar refractivity (Wildman–Crippen MR) is 134 cm³/mol. The maximum absolute atomic E-state index is 13.2. The monoisotopic (exact) mass is 569 g/mol. The van der Waals surface area contributed by atoms with E-state index in [0.717, 1.165) is 24.4 Å². The minimum atomic E-state index is -4.62. The summed E-state index contributed by atoms with van der Waals surface area (Å²) in [5, 5.41) is 12.1. The second-order valence-corrected chi connectivity index (χ2v) is 9.92. The van der Waals surface area contributed by atoms with Crippen LogP contribution in [0.3, 0.4) is 0 Å². The van der Waals surface area contributed by atoms with Crippen LogP contribution in [0.2, 0.25) is 0 Å². The average molecular weight is 570 g/mol. The second-order valence-electron chi connectivity index (χ2n) is 9.92. The van der Waals surface area contributed by atoms with Gasteiger partial charge in [-0.3, -0.25) is 4.79 Å². The second kappa shape index (κ2) is 12.3. The Balaban J connectivity index is 1.21. The molecule has 1 N–H and O–H groups in total. The standard InChI is InChI=1S/C27H29F6N5O2/c28-26(29,30)19-3-9-24(35-16-19)37-10-1-11-38(13-12-37)25(39)17-40-22-7-5-20(6-8-22)36-21-4-2-18(15-34)23(14-21)27(31,32)33/h2-4,9,14,16,20,22,36H,1,5-8,10-13,17H2/t20-,22-. The molecule has 1 aromatic carbocycles. The van der Waals surface area contributed by atoms with E-state index < -0.39 is 29.0 Å². The third-order valence-corrected chi connectivity index (χ3v) is 7.18. The first kappa shape index (κ1) is 29.5. The first-order valence-electron chi connectivity index (χ1n) is 13.0. The number of carbonyl (C=O) groups is 1. The van der Waals surface area contributed by atoms with Gasteiger partial charge in [-0.05, 0) is 62.4 Å². The van der Waals surface area contributed by atoms with E-state index in [-0.39, 0.29) is 24.7 Å². The number of benzene rings is 1. The van der Waals surface area contributed by atoms with Crippen LogP contribution in [-0.4, -0.2) is 60.7 Å². The Kier molecular flexibility index (Phi) is 9.08. The molecule has 40 heavy (non-hydrogen) atoms. The number of pyridine rings is 1. The fourth-order valence-corrected chi connectivity index (χ4v) is 4.99. The Bertz CT molecular complexity index is 1200. The van der Waals surface area contributed by atoms with E-state index in [1.54, 1.807) is 11.0 Å². The number of nitrogens with one attached hydrogen (secondary N) is 1. The molecule has 4 rings (SSSR count). The molecule has 0 radical (unpaired) electrons. The van der Waals surface area contributed by atoms with E-state index in [4.69, 9.17) is 10.00 Å². The predicted octanol–water partition coefficient (Wildman–Crippen LogP) is 5.47. The molecule has 1 aromatic heterocycles. The lowest BCUT2D eigenvalue weighted by Gasteiger charge is -2.30. The summed E-state index contributed by atoms with van der Waals surface area (Å²) < 4.78 is 83.9. The molecule has 2 heterocycles. The van der Waals surface area contributed by atoms with Gasteiger partial charge in [-0.15, -0.1) is 0 Å². The minimum Gasteiger partial charge on any atom is -0.382 e. The summed E-state index contributed by atoms with van der Waals surface area (Å²) in [7, 11) is 0. The number of nitrogens with zero attached hydrogens (tertiary/aromatic N) is 4. The Morgan fingerprint density at radius 3 is 2.38 bits per heavy atom. The third kappa shape index (κ3) is 7.56. The van der Waals surface area contributed by atoms with Crippen molar-refractivity contribution in [2.45, 2.75) is 56.6 Å². The van der Waals surface area contributed by atoms with Gasteiger partial charge < -0.3 is 19.9 Å². The molecule has 1 amide bonds. The molecular formula is C27H29F6N5O2. The Morgan fingerprint density at radius 1 is 1.00 bits per heavy atom. The van der Waals surface area contributed by atoms with Crippen molar-refractivity contribution in [1.82, 2.24) is 9.88 Å². The zero-order valence-electron chi connectivity index (χ0n) is 21.6. The van der Waals surface area contributed by atoms with Crippen molar-refractivity contribution in [3.05, 3.63) is 53.2 Å². The van der Waals surface area contributed by atoms with Gasteiger partial charge in [-0.1, -0.05) is 0 Å². The number of aromatic nitrogens is 1. The van der Waals surface area contributed by atoms with Gasteiger partial charge in [-0.2, -0.15) is 31.6 Å². The fourth-order valence-electron chi connectivity index (χ4n) is 4.99. The van der Waals surface area contributed by atoms with Crippen molar-refractivity contribution in [3.8, 4) is 6.07 Å². The minimum absolute atomic E-state index is 0.0556. The fraction of sp³-hybridized carbons (Fsp3) is 0.519. The molecule has 0 bridgehead atoms. The van der Waals surface area contributed by atoms with Gasteiger partial charge in [0.15, 0.2) is 0 Å². The number of nitriles is 1. The van der Waals surface area contributed by atoms with Gasteiger partial charge in [0.2, 0.25) is 5.91 Å². The molecule has 1 saturated heterocycles. The Hall–Kier alpha value is -3.53. The number of hydrogen-bond acceptors (Lipinski definition) is 6. The molecule has 0 unspecified atom stereocenters. The number of rotatable bonds is 6. The van der Waals surface area contributed by atoms with E-state index in [9.17, 15) is 31.1 Å². The van der Waals surface area contributed by atoms with Crippen LogP contribution < -0.4 is 10.2 Å². The smallest absolute Gasteiger partial charge is 0.382 e. The van der Waals surface area contributed by atoms with E-state index >= 15 is 0 Å². The number of ether oxygens (including phenoxy) is 1. The van der Waals surface area contributed by atoms with Crippen molar-refractivity contribution in [3.63, 3.8) is 0 Å². The molecule has 2 aliphatic rings. The maximum Gasteiger partial charge on any atom is 0.417 e. The number of alkyl halides is 6. The summed E-state index contributed by atoms with van der Waals surface area (Å²) in [4.78, 5) is 20.3. The van der Waals surface area contributed by atoms with E-state index in [1.165, 1.54) is 12.1 Å². The molecule has 0 atom stereocenters. The van der Waals surface area contributed by atoms with Crippen LogP contribution in [-0.2, 0) is 21.9 Å². The molecule has 0 spiro atoms. The highest BCUT2D eigenvalue weighted by atomic mass is 19.4. The van der Waals surface area contributed by atoms with Crippen LogP contribution in [0.1, 0.15) is 48.8 Å². The van der Waals surface area contributed by atoms with Crippen molar-refractivity contribution in [2.24, 2.45) is 0 Å². The van der Waals surface area contributed by atoms with Crippen molar-refractivity contribution < 1.29 is 35.9 Å². The lowest BCUT2D eigenvalue weighted by atomic mass is 9.92. The maximum atomic E-state index is 13.2. The van der Waals surface area contributed by atoms with Gasteiger partial charge in [0.05, 0.1) is 28.9 Å². The number of carbonyl (C=O) groups excluding carboxylic acids is 1. The highest BCUT2D eigenvalue weighted by Gasteiger charge is 2.34. The first-order valence-corrected chi connectivity index (χ1v) is 13.0. The van der Waals surface area contributed by atoms with Crippen molar-refractivity contribution >= 4 is 17.4 Å². The van der Waals surface area contributed by atoms with E-state index in [0.29, 0.717) is 69.8 Å². The SMILES string of the molecule is N#Cc1ccc(N[C@H]2CC[C@H](OCC(=O)N3CCCN(c4ccc(C(F)(F)F)cn4)CC3)CC2)cc1C(F)(F)F. The summed E-state index contributed by atoms with van der Waals surface area (Å²) >= 11 is 0. The Morgan fingerprint density at radius 2 is 1.75 bits per heavy atom. The average Bonchev–Trinajstić information content (AvgIpc) is 3.18. The molecular weight excluding hydrogens is 540 g/mol. The van der Waals surface area contributed by atoms with Crippen LogP contribution in [0.25, 0.3) is 0 Å². The molecule has 13 heteroatoms. The molecule has 1 aliphatic heterocycles. The lowest BCUT2D eigenvalue weighted by Crippen LogP contribution is -2.39. The number of halogens is 6. The van der Waals surface area contributed by atoms with Crippen LogP contribution in [0.5, 0.6) is 0 Å². The molecule has 2 fully saturated rings. The van der Waals surface area contributed by atoms with E-state index in [2.05, 4.69) is 10.3 Å². The summed E-state index contributed by atoms with van der Waals surface area (Å²) in [5.74, 6) is 0.263. The van der Waals surface area contributed by atoms with Gasteiger partial charge >= 0.3 is 12.4 Å². The van der Waals surface area contributed by atoms with Crippen molar-refractivity contribution in [1.29, 1.82) is 5.26 Å². The van der Waals surface area contributed by atoms with Crippen LogP contribution >= 0.6 is 0 Å². The summed E-state index contributed by atoms with van der Waals surface area (Å²) in [6, 6.07) is 7.43. The van der Waals surface area contributed by atoms with Gasteiger partial charge in [0, 0.05) is 44.1 Å². The molecule has 7 nitrogen and oxygen atoms in total. The zero-order valence-corrected chi connectivity index (χ0v) is 21.6. The highest BCUT2D eigenvalue weighted by molar-refractivity contribution is 5.77. The lowest BCUT2D eigenvalue weighted by molar-refractivity contribution is -0.139. The van der Waals surface area contributed by atoms with Gasteiger partial charge in [-0.25, -0.2) is 4.98 Å². The topological polar surface area (TPSA) is 81.5 Å². The molecule has 1 aliphatic carbocycles. The highest BCUT2D eigenvalue weighted by Crippen LogP contribution is 2.34. The van der Waals surface area contributed by atoms with Crippen molar-refractivity contribution in [2.75, 3.05) is 43.0 Å².